The third-order valence-electron chi connectivity index (χ3n) is 3.03. The quantitative estimate of drug-likeness (QED) is 0.660. The van der Waals surface area contributed by atoms with Crippen LogP contribution in [0.1, 0.15) is 0 Å². The van der Waals surface area contributed by atoms with E-state index in [2.05, 4.69) is 41.3 Å². The van der Waals surface area contributed by atoms with Gasteiger partial charge in [-0.2, -0.15) is 0 Å². The fraction of sp³-hybridized carbons (Fsp3) is 0.133. The first-order valence-electron chi connectivity index (χ1n) is 5.72. The summed E-state index contributed by atoms with van der Waals surface area (Å²) in [7, 11) is 4.10. The van der Waals surface area contributed by atoms with E-state index in [0.717, 1.165) is 11.2 Å². The van der Waals surface area contributed by atoms with E-state index in [4.69, 9.17) is 4.98 Å². The Labute approximate surface area is 113 Å². The summed E-state index contributed by atoms with van der Waals surface area (Å²) in [5, 5.41) is 1.22. The summed E-state index contributed by atoms with van der Waals surface area (Å²) < 4.78 is 0. The van der Waals surface area contributed by atoms with Gasteiger partial charge in [0.25, 0.3) is 0 Å². The van der Waals surface area contributed by atoms with E-state index in [1.54, 1.807) is 0 Å². The molecule has 0 spiro atoms. The summed E-state index contributed by atoms with van der Waals surface area (Å²) in [5.74, 6) is 0. The molecule has 0 amide bonds. The zero-order chi connectivity index (χ0) is 11.8. The Morgan fingerprint density at radius 2 is 1.67 bits per heavy atom. The van der Waals surface area contributed by atoms with Crippen molar-refractivity contribution in [2.75, 3.05) is 19.0 Å². The standard InChI is InChI=1S/C15H14N2.ClH/c1-17(2)14-10-6-8-12-11-7-4-3-5-9-13(11)16-15(12)14;/h3-10H,1-2H3;1H. The van der Waals surface area contributed by atoms with Gasteiger partial charge in [0.2, 0.25) is 0 Å². The molecule has 0 aromatic heterocycles. The van der Waals surface area contributed by atoms with E-state index >= 15 is 0 Å². The molecule has 0 bridgehead atoms. The van der Waals surface area contributed by atoms with Gasteiger partial charge < -0.3 is 4.90 Å². The van der Waals surface area contributed by atoms with Crippen molar-refractivity contribution in [1.82, 2.24) is 4.98 Å². The Bertz CT molecular complexity index is 649. The van der Waals surface area contributed by atoms with Crippen molar-refractivity contribution < 1.29 is 0 Å². The Balaban J connectivity index is 0.00000120. The second-order valence-electron chi connectivity index (χ2n) is 4.39. The highest BCUT2D eigenvalue weighted by Gasteiger charge is 2.13. The highest BCUT2D eigenvalue weighted by atomic mass is 35.5. The number of fused-ring (bicyclic) bond motifs is 3. The molecule has 1 aliphatic heterocycles. The van der Waals surface area contributed by atoms with Gasteiger partial charge in [-0.05, 0) is 12.1 Å². The molecule has 1 aliphatic carbocycles. The van der Waals surface area contributed by atoms with Crippen molar-refractivity contribution in [2.24, 2.45) is 0 Å². The predicted molar refractivity (Wildman–Crippen MR) is 79.9 cm³/mol. The number of aromatic nitrogens is 1. The average Bonchev–Trinajstić information content (AvgIpc) is 2.52. The first kappa shape index (κ1) is 12.7. The number of hydrogen-bond acceptors (Lipinski definition) is 2. The van der Waals surface area contributed by atoms with Gasteiger partial charge in [-0.3, -0.25) is 0 Å². The van der Waals surface area contributed by atoms with Crippen LogP contribution < -0.4 is 4.90 Å². The van der Waals surface area contributed by atoms with Crippen LogP contribution in [0.25, 0.3) is 22.2 Å². The predicted octanol–water partition coefficient (Wildman–Crippen LogP) is 3.83. The number of para-hydroxylation sites is 1. The molecule has 0 atom stereocenters. The van der Waals surface area contributed by atoms with Gasteiger partial charge in [0.05, 0.1) is 16.9 Å². The molecule has 1 aromatic carbocycles. The van der Waals surface area contributed by atoms with Gasteiger partial charge in [-0.1, -0.05) is 36.4 Å². The van der Waals surface area contributed by atoms with E-state index in [1.165, 1.54) is 16.6 Å². The smallest absolute Gasteiger partial charge is 0.0949 e. The fourth-order valence-electron chi connectivity index (χ4n) is 2.21. The maximum absolute atomic E-state index is 4.73. The highest BCUT2D eigenvalue weighted by Crippen LogP contribution is 2.34. The number of benzene rings is 1. The Kier molecular flexibility index (Phi) is 3.39. The molecular weight excluding hydrogens is 244 g/mol. The van der Waals surface area contributed by atoms with Gasteiger partial charge in [0.15, 0.2) is 0 Å². The maximum atomic E-state index is 4.73. The maximum Gasteiger partial charge on any atom is 0.0949 e. The van der Waals surface area contributed by atoms with Crippen LogP contribution in [0.15, 0.2) is 48.5 Å². The summed E-state index contributed by atoms with van der Waals surface area (Å²) in [5.41, 5.74) is 4.52. The van der Waals surface area contributed by atoms with Crippen LogP contribution >= 0.6 is 12.4 Å². The molecule has 1 heterocycles. The summed E-state index contributed by atoms with van der Waals surface area (Å²) in [6.45, 7) is 0. The third kappa shape index (κ3) is 1.89. The minimum absolute atomic E-state index is 0. The van der Waals surface area contributed by atoms with Crippen molar-refractivity contribution in [3.8, 4) is 11.3 Å². The molecule has 3 heteroatoms. The van der Waals surface area contributed by atoms with Gasteiger partial charge in [0, 0.05) is 25.0 Å². The van der Waals surface area contributed by atoms with E-state index in [9.17, 15) is 0 Å². The molecule has 0 saturated carbocycles. The van der Waals surface area contributed by atoms with Crippen LogP contribution in [-0.4, -0.2) is 19.1 Å². The normalized spacial score (nSPS) is 10.3. The van der Waals surface area contributed by atoms with Crippen LogP contribution in [0.5, 0.6) is 0 Å². The lowest BCUT2D eigenvalue weighted by molar-refractivity contribution is 1.14. The van der Waals surface area contributed by atoms with Crippen LogP contribution in [0.4, 0.5) is 5.69 Å². The fourth-order valence-corrected chi connectivity index (χ4v) is 2.21. The molecule has 0 fully saturated rings. The molecule has 92 valence electrons. The van der Waals surface area contributed by atoms with Gasteiger partial charge in [0.1, 0.15) is 0 Å². The Morgan fingerprint density at radius 1 is 0.889 bits per heavy atom. The van der Waals surface area contributed by atoms with Crippen LogP contribution in [0.2, 0.25) is 0 Å². The molecule has 0 N–H and O–H groups in total. The Hall–Kier alpha value is -1.80. The zero-order valence-electron chi connectivity index (χ0n) is 10.4. The van der Waals surface area contributed by atoms with Gasteiger partial charge in [-0.15, -0.1) is 12.4 Å². The number of rotatable bonds is 1. The first-order valence-corrected chi connectivity index (χ1v) is 5.72. The summed E-state index contributed by atoms with van der Waals surface area (Å²) in [6.07, 6.45) is 0. The molecule has 1 aromatic rings. The number of hydrogen-bond donors (Lipinski definition) is 0. The third-order valence-corrected chi connectivity index (χ3v) is 3.03. The number of anilines is 1. The molecule has 0 saturated heterocycles. The van der Waals surface area contributed by atoms with Gasteiger partial charge in [-0.25, -0.2) is 4.98 Å². The van der Waals surface area contributed by atoms with Crippen molar-refractivity contribution in [3.05, 3.63) is 48.5 Å². The first-order chi connectivity index (χ1) is 8.27. The van der Waals surface area contributed by atoms with Crippen molar-refractivity contribution in [3.63, 3.8) is 0 Å². The Morgan fingerprint density at radius 3 is 2.44 bits per heavy atom. The minimum Gasteiger partial charge on any atom is -0.376 e. The number of halogens is 1. The SMILES string of the molecule is CN(C)c1cccc2c3cccccc-3nc12.Cl. The lowest BCUT2D eigenvalue weighted by atomic mass is 10.1. The highest BCUT2D eigenvalue weighted by molar-refractivity contribution is 6.03. The van der Waals surface area contributed by atoms with Crippen molar-refractivity contribution in [1.29, 1.82) is 0 Å². The monoisotopic (exact) mass is 258 g/mol. The number of nitrogens with zero attached hydrogens (tertiary/aromatic N) is 2. The van der Waals surface area contributed by atoms with Crippen LogP contribution in [0, 0.1) is 0 Å². The molecule has 2 aliphatic rings. The molecule has 18 heavy (non-hydrogen) atoms. The van der Waals surface area contributed by atoms with E-state index in [0.29, 0.717) is 0 Å². The minimum atomic E-state index is 0. The van der Waals surface area contributed by atoms with Crippen molar-refractivity contribution in [2.45, 2.75) is 0 Å². The van der Waals surface area contributed by atoms with E-state index in [1.807, 2.05) is 26.2 Å². The molecule has 3 rings (SSSR count). The topological polar surface area (TPSA) is 16.1 Å². The van der Waals surface area contributed by atoms with Crippen LogP contribution in [0.3, 0.4) is 0 Å². The molecule has 2 nitrogen and oxygen atoms in total. The zero-order valence-corrected chi connectivity index (χ0v) is 11.2. The van der Waals surface area contributed by atoms with E-state index in [-0.39, 0.29) is 12.4 Å². The summed E-state index contributed by atoms with van der Waals surface area (Å²) >= 11 is 0. The average molecular weight is 259 g/mol. The van der Waals surface area contributed by atoms with Gasteiger partial charge >= 0.3 is 0 Å². The second-order valence-corrected chi connectivity index (χ2v) is 4.39. The molecular formula is C15H15ClN2. The van der Waals surface area contributed by atoms with Crippen molar-refractivity contribution >= 4 is 29.0 Å². The molecule has 0 radical (unpaired) electrons. The largest absolute Gasteiger partial charge is 0.376 e. The van der Waals surface area contributed by atoms with E-state index < -0.39 is 0 Å². The molecule has 0 unspecified atom stereocenters. The lowest BCUT2D eigenvalue weighted by Crippen LogP contribution is -2.08. The second kappa shape index (κ2) is 4.83. The lowest BCUT2D eigenvalue weighted by Gasteiger charge is -2.12. The summed E-state index contributed by atoms with van der Waals surface area (Å²) in [6, 6.07) is 16.6. The summed E-state index contributed by atoms with van der Waals surface area (Å²) in [4.78, 5) is 6.84. The van der Waals surface area contributed by atoms with Crippen LogP contribution in [-0.2, 0) is 0 Å².